The zero-order chi connectivity index (χ0) is 11.7. The first kappa shape index (κ1) is 15.3. The predicted molar refractivity (Wildman–Crippen MR) is 75.3 cm³/mol. The van der Waals surface area contributed by atoms with Crippen molar-refractivity contribution in [3.8, 4) is 0 Å². The Kier molecular flexibility index (Phi) is 9.73. The number of hydrogen-bond acceptors (Lipinski definition) is 3. The molecule has 0 rings (SSSR count). The summed E-state index contributed by atoms with van der Waals surface area (Å²) in [6, 6.07) is 0. The zero-order valence-electron chi connectivity index (χ0n) is 11.3. The van der Waals surface area contributed by atoms with Gasteiger partial charge in [-0.3, -0.25) is 0 Å². The normalized spacial score (nSPS) is 13.6. The Morgan fingerprint density at radius 3 is 1.13 bits per heavy atom. The van der Waals surface area contributed by atoms with Crippen LogP contribution < -0.4 is 0 Å². The molecule has 0 radical (unpaired) electrons. The van der Waals surface area contributed by atoms with Crippen molar-refractivity contribution >= 4 is 19.7 Å². The summed E-state index contributed by atoms with van der Waals surface area (Å²) in [6.07, 6.45) is 0. The van der Waals surface area contributed by atoms with Crippen LogP contribution in [0, 0.1) is 0 Å². The minimum atomic E-state index is -0.135. The van der Waals surface area contributed by atoms with Crippen LogP contribution in [0.3, 0.4) is 0 Å². The fraction of sp³-hybridized carbons (Fsp3) is 1.00. The topological polar surface area (TPSA) is 9.72 Å². The van der Waals surface area contributed by atoms with Crippen molar-refractivity contribution in [3.05, 3.63) is 0 Å². The molecule has 5 heteroatoms. The van der Waals surface area contributed by atoms with E-state index < -0.39 is 0 Å². The van der Waals surface area contributed by atoms with Gasteiger partial charge in [-0.2, -0.15) is 0 Å². The van der Waals surface area contributed by atoms with Crippen molar-refractivity contribution in [1.29, 1.82) is 0 Å². The molecule has 92 valence electrons. The molecule has 0 bridgehead atoms. The van der Waals surface area contributed by atoms with E-state index in [0.29, 0.717) is 0 Å². The van der Waals surface area contributed by atoms with Gasteiger partial charge in [0.15, 0.2) is 19.7 Å². The van der Waals surface area contributed by atoms with Gasteiger partial charge in [-0.25, -0.2) is 0 Å². The van der Waals surface area contributed by atoms with Gasteiger partial charge in [-0.05, 0) is 32.7 Å². The summed E-state index contributed by atoms with van der Waals surface area (Å²) in [5.74, 6) is 0. The molecule has 0 N–H and O–H groups in total. The van der Waals surface area contributed by atoms with Crippen molar-refractivity contribution in [2.24, 2.45) is 0 Å². The highest BCUT2D eigenvalue weighted by Gasteiger charge is 2.11. The van der Waals surface area contributed by atoms with Gasteiger partial charge in [0.2, 0.25) is 0 Å². The van der Waals surface area contributed by atoms with E-state index in [1.54, 1.807) is 0 Å². The first-order chi connectivity index (χ1) is 7.21. The molecule has 0 aromatic rings. The predicted octanol–water partition coefficient (Wildman–Crippen LogP) is -0.0105. The zero-order valence-corrected chi connectivity index (χ0v) is 14.1. The smallest absolute Gasteiger partial charge is 0.166 e. The molecule has 0 aliphatic rings. The number of rotatable bonds is 9. The first-order valence-electron chi connectivity index (χ1n) is 6.38. The van der Waals surface area contributed by atoms with Gasteiger partial charge in [0.1, 0.15) is 0 Å². The molecule has 0 aromatic carbocycles. The molecule has 0 fully saturated rings. The van der Waals surface area contributed by atoms with Crippen molar-refractivity contribution < 1.29 is 0 Å². The van der Waals surface area contributed by atoms with Crippen molar-refractivity contribution in [2.45, 2.75) is 34.6 Å². The molecule has 0 amide bonds. The molecule has 0 spiro atoms. The van der Waals surface area contributed by atoms with E-state index in [4.69, 9.17) is 0 Å². The van der Waals surface area contributed by atoms with Crippen LogP contribution in [0.2, 0.25) is 0 Å². The van der Waals surface area contributed by atoms with Gasteiger partial charge >= 0.3 is 0 Å². The molecule has 0 heterocycles. The quantitative estimate of drug-likeness (QED) is 0.531. The molecular weight excluding hydrogens is 218 g/mol. The second-order valence-corrected chi connectivity index (χ2v) is 8.91. The molecule has 0 atom stereocenters. The molecule has 15 heavy (non-hydrogen) atoms. The Morgan fingerprint density at radius 1 is 0.600 bits per heavy atom. The van der Waals surface area contributed by atoms with Crippen LogP contribution in [-0.2, 0) is 0 Å². The van der Waals surface area contributed by atoms with E-state index in [-0.39, 0.29) is 19.7 Å². The third kappa shape index (κ3) is 6.47. The van der Waals surface area contributed by atoms with Crippen LogP contribution in [0.5, 0.6) is 0 Å². The Morgan fingerprint density at radius 2 is 0.933 bits per heavy atom. The van der Waals surface area contributed by atoms with E-state index in [1.807, 2.05) is 0 Å². The van der Waals surface area contributed by atoms with E-state index in [2.05, 4.69) is 48.0 Å². The molecule has 0 saturated heterocycles. The Hall–Kier alpha value is 0.314. The summed E-state index contributed by atoms with van der Waals surface area (Å²) in [7, 11) is -0.271. The number of hydrogen-bond donors (Lipinski definition) is 0. The summed E-state index contributed by atoms with van der Waals surface area (Å²) in [6.45, 7) is 17.6. The second-order valence-electron chi connectivity index (χ2n) is 3.88. The second kappa shape index (κ2) is 9.53. The van der Waals surface area contributed by atoms with Crippen molar-refractivity contribution in [3.63, 3.8) is 0 Å². The van der Waals surface area contributed by atoms with Crippen LogP contribution in [0.1, 0.15) is 34.6 Å². The minimum Gasteiger partial charge on any atom is -0.331 e. The van der Waals surface area contributed by atoms with Gasteiger partial charge in [0.05, 0.1) is 0 Å². The maximum absolute atomic E-state index is 2.78. The van der Waals surface area contributed by atoms with Gasteiger partial charge in [-0.15, -0.1) is 0 Å². The lowest BCUT2D eigenvalue weighted by molar-refractivity contribution is 0.427. The third-order valence-electron chi connectivity index (χ3n) is 3.04. The molecule has 3 nitrogen and oxygen atoms in total. The average Bonchev–Trinajstić information content (AvgIpc) is 2.30. The highest BCUT2D eigenvalue weighted by atomic mass is 28.3. The monoisotopic (exact) mass is 247 g/mol. The van der Waals surface area contributed by atoms with Gasteiger partial charge in [0, 0.05) is 0 Å². The van der Waals surface area contributed by atoms with Gasteiger partial charge < -0.3 is 13.4 Å². The van der Waals surface area contributed by atoms with E-state index in [9.17, 15) is 0 Å². The highest BCUT2D eigenvalue weighted by molar-refractivity contribution is 6.47. The maximum Gasteiger partial charge on any atom is 0.166 e. The lowest BCUT2D eigenvalue weighted by atomic mass is 10.7. The van der Waals surface area contributed by atoms with Crippen molar-refractivity contribution in [1.82, 2.24) is 13.4 Å². The van der Waals surface area contributed by atoms with E-state index in [1.165, 1.54) is 32.7 Å². The summed E-state index contributed by atoms with van der Waals surface area (Å²) in [5, 5.41) is 0. The average molecular weight is 248 g/mol. The van der Waals surface area contributed by atoms with Crippen LogP contribution in [0.15, 0.2) is 0 Å². The molecule has 0 saturated carbocycles. The van der Waals surface area contributed by atoms with E-state index >= 15 is 0 Å². The summed E-state index contributed by atoms with van der Waals surface area (Å²) in [4.78, 5) is 0. The fourth-order valence-corrected chi connectivity index (χ4v) is 6.04. The standard InChI is InChI=1S/C10H29N3Si2/c1-6-11(7-2)14-13(10-5)15-12(8-3)9-4/h6-10,14-15H2,1-5H3. The van der Waals surface area contributed by atoms with Crippen LogP contribution in [0.4, 0.5) is 0 Å². The van der Waals surface area contributed by atoms with Gasteiger partial charge in [0.25, 0.3) is 0 Å². The Balaban J connectivity index is 4.00. The summed E-state index contributed by atoms with van der Waals surface area (Å²) in [5.41, 5.74) is 0. The largest absolute Gasteiger partial charge is 0.331 e. The fourth-order valence-electron chi connectivity index (χ4n) is 1.66. The summed E-state index contributed by atoms with van der Waals surface area (Å²) < 4.78 is 8.06. The molecule has 0 aliphatic carbocycles. The lowest BCUT2D eigenvalue weighted by Crippen LogP contribution is -2.49. The van der Waals surface area contributed by atoms with Gasteiger partial charge in [-0.1, -0.05) is 34.6 Å². The molecule has 0 aliphatic heterocycles. The minimum absolute atomic E-state index is 0.135. The van der Waals surface area contributed by atoms with Crippen LogP contribution in [0.25, 0.3) is 0 Å². The Labute approximate surface area is 101 Å². The molecular formula is C10H29N3Si2. The Bertz CT molecular complexity index is 125. The summed E-state index contributed by atoms with van der Waals surface area (Å²) >= 11 is 0. The highest BCUT2D eigenvalue weighted by Crippen LogP contribution is 1.93. The van der Waals surface area contributed by atoms with Crippen molar-refractivity contribution in [2.75, 3.05) is 32.7 Å². The first-order valence-corrected chi connectivity index (χ1v) is 8.91. The maximum atomic E-state index is 2.78. The molecule has 0 aromatic heterocycles. The number of nitrogens with zero attached hydrogens (tertiary/aromatic N) is 3. The third-order valence-corrected chi connectivity index (χ3v) is 8.52. The van der Waals surface area contributed by atoms with Crippen LogP contribution >= 0.6 is 0 Å². The molecule has 0 unspecified atom stereocenters. The lowest BCUT2D eigenvalue weighted by Gasteiger charge is -2.31. The van der Waals surface area contributed by atoms with Crippen LogP contribution in [-0.4, -0.2) is 65.8 Å². The van der Waals surface area contributed by atoms with E-state index in [0.717, 1.165) is 0 Å². The SMILES string of the molecule is CCN(CC)[SiH2]N(CC)[SiH2]N(CC)CC.